The van der Waals surface area contributed by atoms with E-state index >= 15 is 0 Å². The summed E-state index contributed by atoms with van der Waals surface area (Å²) >= 11 is 0. The van der Waals surface area contributed by atoms with Crippen molar-refractivity contribution in [1.82, 2.24) is 10.6 Å². The number of anilines is 1. The number of guanidine groups is 1. The molecule has 0 bridgehead atoms. The second-order valence-electron chi connectivity index (χ2n) is 6.64. The maximum absolute atomic E-state index is 11.2. The van der Waals surface area contributed by atoms with E-state index in [-0.39, 0.29) is 12.0 Å². The van der Waals surface area contributed by atoms with Crippen molar-refractivity contribution in [1.29, 1.82) is 0 Å². The van der Waals surface area contributed by atoms with E-state index in [0.717, 1.165) is 31.1 Å². The standard InChI is InChI=1S/C19H30N4O4/c1-3-20-17(22-13-19(8-10-24)9-11-27-14-19)21-12-15-4-6-16(7-5-15)23-18(25)26-2/h4-7,24H,3,8-14H2,1-2H3,(H,23,25)(H2,20,21,22). The Morgan fingerprint density at radius 3 is 2.70 bits per heavy atom. The highest BCUT2D eigenvalue weighted by atomic mass is 16.5. The van der Waals surface area contributed by atoms with Gasteiger partial charge in [-0.15, -0.1) is 0 Å². The van der Waals surface area contributed by atoms with Crippen LogP contribution in [-0.2, 0) is 16.0 Å². The van der Waals surface area contributed by atoms with Gasteiger partial charge in [0, 0.05) is 37.4 Å². The molecule has 1 fully saturated rings. The second-order valence-corrected chi connectivity index (χ2v) is 6.64. The fourth-order valence-corrected chi connectivity index (χ4v) is 2.96. The molecule has 150 valence electrons. The van der Waals surface area contributed by atoms with Crippen molar-refractivity contribution in [2.45, 2.75) is 26.3 Å². The number of aliphatic imine (C=N–C) groups is 1. The largest absolute Gasteiger partial charge is 0.453 e. The molecule has 0 aromatic heterocycles. The number of carbonyl (C=O) groups is 1. The van der Waals surface area contributed by atoms with Crippen LogP contribution in [0.4, 0.5) is 10.5 Å². The molecule has 1 saturated heterocycles. The van der Waals surface area contributed by atoms with Gasteiger partial charge in [0.05, 0.1) is 20.3 Å². The molecule has 1 aromatic rings. The van der Waals surface area contributed by atoms with Gasteiger partial charge in [-0.05, 0) is 37.5 Å². The number of nitrogens with zero attached hydrogens (tertiary/aromatic N) is 1. The monoisotopic (exact) mass is 378 g/mol. The quantitative estimate of drug-likeness (QED) is 0.406. The van der Waals surface area contributed by atoms with E-state index in [4.69, 9.17) is 4.74 Å². The van der Waals surface area contributed by atoms with Crippen molar-refractivity contribution in [2.24, 2.45) is 10.4 Å². The normalized spacial score (nSPS) is 19.6. The third-order valence-corrected chi connectivity index (χ3v) is 4.61. The lowest BCUT2D eigenvalue weighted by atomic mass is 9.84. The molecule has 1 aromatic carbocycles. The van der Waals surface area contributed by atoms with Crippen molar-refractivity contribution in [2.75, 3.05) is 45.3 Å². The fourth-order valence-electron chi connectivity index (χ4n) is 2.96. The Bertz CT molecular complexity index is 613. The molecule has 1 atom stereocenters. The predicted octanol–water partition coefficient (Wildman–Crippen LogP) is 1.71. The summed E-state index contributed by atoms with van der Waals surface area (Å²) in [7, 11) is 1.33. The van der Waals surface area contributed by atoms with E-state index in [2.05, 4.69) is 25.7 Å². The summed E-state index contributed by atoms with van der Waals surface area (Å²) in [6.07, 6.45) is 1.16. The summed E-state index contributed by atoms with van der Waals surface area (Å²) in [5, 5.41) is 18.6. The van der Waals surface area contributed by atoms with Gasteiger partial charge in [-0.1, -0.05) is 12.1 Å². The fraction of sp³-hybridized carbons (Fsp3) is 0.579. The van der Waals surface area contributed by atoms with Crippen LogP contribution in [-0.4, -0.2) is 57.2 Å². The van der Waals surface area contributed by atoms with Gasteiger partial charge >= 0.3 is 6.09 Å². The molecule has 0 radical (unpaired) electrons. The highest BCUT2D eigenvalue weighted by Gasteiger charge is 2.34. The Morgan fingerprint density at radius 1 is 1.33 bits per heavy atom. The topological polar surface area (TPSA) is 104 Å². The number of methoxy groups -OCH3 is 1. The number of nitrogens with one attached hydrogen (secondary N) is 3. The molecule has 8 nitrogen and oxygen atoms in total. The third kappa shape index (κ3) is 6.73. The Kier molecular flexibility index (Phi) is 8.35. The summed E-state index contributed by atoms with van der Waals surface area (Å²) in [6, 6.07) is 7.45. The van der Waals surface area contributed by atoms with Gasteiger partial charge in [0.2, 0.25) is 0 Å². The number of benzene rings is 1. The van der Waals surface area contributed by atoms with E-state index in [9.17, 15) is 9.90 Å². The van der Waals surface area contributed by atoms with E-state index in [1.807, 2.05) is 31.2 Å². The zero-order valence-corrected chi connectivity index (χ0v) is 16.1. The number of hydrogen-bond acceptors (Lipinski definition) is 5. The Balaban J connectivity index is 1.93. The van der Waals surface area contributed by atoms with Crippen LogP contribution in [0.15, 0.2) is 29.3 Å². The van der Waals surface area contributed by atoms with Crippen molar-refractivity contribution in [3.63, 3.8) is 0 Å². The number of rotatable bonds is 8. The van der Waals surface area contributed by atoms with E-state index in [0.29, 0.717) is 31.8 Å². The molecule has 8 heteroatoms. The van der Waals surface area contributed by atoms with Gasteiger partial charge in [-0.25, -0.2) is 9.79 Å². The Hall–Kier alpha value is -2.32. The maximum Gasteiger partial charge on any atom is 0.411 e. The first kappa shape index (κ1) is 21.0. The maximum atomic E-state index is 11.2. The second kappa shape index (κ2) is 10.7. The lowest BCUT2D eigenvalue weighted by Gasteiger charge is -2.27. The predicted molar refractivity (Wildman–Crippen MR) is 105 cm³/mol. The van der Waals surface area contributed by atoms with Crippen LogP contribution in [0.5, 0.6) is 0 Å². The molecular formula is C19H30N4O4. The molecule has 1 aliphatic rings. The molecule has 0 aliphatic carbocycles. The first-order chi connectivity index (χ1) is 13.1. The minimum Gasteiger partial charge on any atom is -0.453 e. The SMILES string of the molecule is CCNC(=NCc1ccc(NC(=O)OC)cc1)NCC1(CCO)CCOC1. The first-order valence-electron chi connectivity index (χ1n) is 9.25. The van der Waals surface area contributed by atoms with Crippen molar-refractivity contribution in [3.05, 3.63) is 29.8 Å². The van der Waals surface area contributed by atoms with Gasteiger partial charge in [-0.2, -0.15) is 0 Å². The molecule has 4 N–H and O–H groups in total. The van der Waals surface area contributed by atoms with Gasteiger partial charge < -0.3 is 25.2 Å². The number of carbonyl (C=O) groups excluding carboxylic acids is 1. The third-order valence-electron chi connectivity index (χ3n) is 4.61. The van der Waals surface area contributed by atoms with Gasteiger partial charge in [0.15, 0.2) is 5.96 Å². The van der Waals surface area contributed by atoms with Crippen LogP contribution in [0.25, 0.3) is 0 Å². The van der Waals surface area contributed by atoms with Crippen LogP contribution < -0.4 is 16.0 Å². The number of hydrogen-bond donors (Lipinski definition) is 4. The average molecular weight is 378 g/mol. The highest BCUT2D eigenvalue weighted by Crippen LogP contribution is 2.31. The molecule has 1 unspecified atom stereocenters. The molecular weight excluding hydrogens is 348 g/mol. The molecule has 1 amide bonds. The number of aliphatic hydroxyl groups is 1. The number of ether oxygens (including phenoxy) is 2. The number of amides is 1. The molecule has 2 rings (SSSR count). The molecule has 1 aliphatic heterocycles. The van der Waals surface area contributed by atoms with Gasteiger partial charge in [-0.3, -0.25) is 5.32 Å². The zero-order chi connectivity index (χ0) is 19.5. The smallest absolute Gasteiger partial charge is 0.411 e. The molecule has 0 spiro atoms. The van der Waals surface area contributed by atoms with E-state index in [1.165, 1.54) is 7.11 Å². The van der Waals surface area contributed by atoms with Gasteiger partial charge in [0.1, 0.15) is 0 Å². The Morgan fingerprint density at radius 2 is 2.11 bits per heavy atom. The highest BCUT2D eigenvalue weighted by molar-refractivity contribution is 5.84. The minimum atomic E-state index is -0.493. The van der Waals surface area contributed by atoms with Crippen LogP contribution in [0.2, 0.25) is 0 Å². The van der Waals surface area contributed by atoms with E-state index in [1.54, 1.807) is 0 Å². The molecule has 1 heterocycles. The van der Waals surface area contributed by atoms with Crippen LogP contribution in [0, 0.1) is 5.41 Å². The zero-order valence-electron chi connectivity index (χ0n) is 16.1. The molecule has 27 heavy (non-hydrogen) atoms. The number of aliphatic hydroxyl groups excluding tert-OH is 1. The van der Waals surface area contributed by atoms with Crippen molar-refractivity contribution in [3.8, 4) is 0 Å². The lowest BCUT2D eigenvalue weighted by Crippen LogP contribution is -2.44. The molecule has 0 saturated carbocycles. The van der Waals surface area contributed by atoms with Gasteiger partial charge in [0.25, 0.3) is 0 Å². The Labute approximate surface area is 160 Å². The summed E-state index contributed by atoms with van der Waals surface area (Å²) in [5.74, 6) is 0.735. The lowest BCUT2D eigenvalue weighted by molar-refractivity contribution is 0.127. The van der Waals surface area contributed by atoms with Crippen LogP contribution in [0.3, 0.4) is 0 Å². The van der Waals surface area contributed by atoms with Crippen molar-refractivity contribution >= 4 is 17.7 Å². The van der Waals surface area contributed by atoms with E-state index < -0.39 is 6.09 Å². The summed E-state index contributed by atoms with van der Waals surface area (Å²) in [6.45, 7) is 5.56. The van der Waals surface area contributed by atoms with Crippen molar-refractivity contribution < 1.29 is 19.4 Å². The van der Waals surface area contributed by atoms with Crippen LogP contribution >= 0.6 is 0 Å². The summed E-state index contributed by atoms with van der Waals surface area (Å²) in [5.41, 5.74) is 1.66. The first-order valence-corrected chi connectivity index (χ1v) is 9.25. The average Bonchev–Trinajstić information content (AvgIpc) is 3.14. The minimum absolute atomic E-state index is 0.0356. The summed E-state index contributed by atoms with van der Waals surface area (Å²) in [4.78, 5) is 15.8. The summed E-state index contributed by atoms with van der Waals surface area (Å²) < 4.78 is 10.1. The van der Waals surface area contributed by atoms with Crippen LogP contribution in [0.1, 0.15) is 25.3 Å².